The maximum absolute atomic E-state index is 5.36. The number of nitrogens with zero attached hydrogens (tertiary/aromatic N) is 2. The Bertz CT molecular complexity index is 1090. The zero-order valence-corrected chi connectivity index (χ0v) is 16.9. The summed E-state index contributed by atoms with van der Waals surface area (Å²) in [6, 6.07) is 23.3. The zero-order valence-electron chi connectivity index (χ0n) is 16.0. The number of aromatic nitrogens is 2. The van der Waals surface area contributed by atoms with Crippen molar-refractivity contribution in [1.29, 1.82) is 0 Å². The molecule has 0 amide bonds. The number of fused-ring (bicyclic) bond motifs is 1. The van der Waals surface area contributed by atoms with Crippen LogP contribution in [-0.2, 0) is 0 Å². The van der Waals surface area contributed by atoms with Crippen molar-refractivity contribution in [2.24, 2.45) is 0 Å². The molecular weight excluding hydrogens is 388 g/mol. The lowest BCUT2D eigenvalue weighted by Crippen LogP contribution is -2.02. The summed E-state index contributed by atoms with van der Waals surface area (Å²) in [6.07, 6.45) is 0. The number of nitrogens with one attached hydrogen (secondary N) is 2. The minimum atomic E-state index is 0. The van der Waals surface area contributed by atoms with E-state index in [2.05, 4.69) is 20.6 Å². The van der Waals surface area contributed by atoms with Crippen LogP contribution in [0.3, 0.4) is 0 Å². The molecule has 0 saturated heterocycles. The lowest BCUT2D eigenvalue weighted by Gasteiger charge is -2.13. The molecule has 148 valence electrons. The maximum Gasteiger partial charge on any atom is 0.229 e. The highest BCUT2D eigenvalue weighted by molar-refractivity contribution is 5.93. The summed E-state index contributed by atoms with van der Waals surface area (Å²) in [4.78, 5) is 9.33. The van der Waals surface area contributed by atoms with Crippen molar-refractivity contribution in [3.63, 3.8) is 0 Å². The molecule has 0 unspecified atom stereocenters. The Balaban J connectivity index is 0.00000240. The van der Waals surface area contributed by atoms with Crippen LogP contribution in [0.5, 0.6) is 11.5 Å². The molecule has 1 aromatic heterocycles. The number of methoxy groups -OCH3 is 2. The average Bonchev–Trinajstić information content (AvgIpc) is 2.75. The Morgan fingerprint density at radius 2 is 1.34 bits per heavy atom. The molecule has 0 saturated carbocycles. The number of hydrogen-bond acceptors (Lipinski definition) is 6. The van der Waals surface area contributed by atoms with E-state index in [0.717, 1.165) is 33.8 Å². The summed E-state index contributed by atoms with van der Waals surface area (Å²) in [5.74, 6) is 2.75. The van der Waals surface area contributed by atoms with E-state index >= 15 is 0 Å². The average molecular weight is 409 g/mol. The second-order valence-electron chi connectivity index (χ2n) is 6.12. The quantitative estimate of drug-likeness (QED) is 0.435. The predicted molar refractivity (Wildman–Crippen MR) is 119 cm³/mol. The normalized spacial score (nSPS) is 10.1. The number of rotatable bonds is 6. The van der Waals surface area contributed by atoms with Gasteiger partial charge in [-0.3, -0.25) is 0 Å². The summed E-state index contributed by atoms with van der Waals surface area (Å²) in [7, 11) is 3.29. The van der Waals surface area contributed by atoms with E-state index in [1.165, 1.54) is 0 Å². The van der Waals surface area contributed by atoms with Gasteiger partial charge in [0.1, 0.15) is 17.3 Å². The van der Waals surface area contributed by atoms with Crippen LogP contribution < -0.4 is 20.1 Å². The first-order valence-corrected chi connectivity index (χ1v) is 8.84. The Morgan fingerprint density at radius 1 is 0.690 bits per heavy atom. The molecule has 29 heavy (non-hydrogen) atoms. The highest BCUT2D eigenvalue weighted by Crippen LogP contribution is 2.29. The number of hydrogen-bond donors (Lipinski definition) is 2. The first-order chi connectivity index (χ1) is 13.7. The molecule has 6 nitrogen and oxygen atoms in total. The van der Waals surface area contributed by atoms with Crippen LogP contribution in [0, 0.1) is 0 Å². The predicted octanol–water partition coefficient (Wildman–Crippen LogP) is 5.56. The fraction of sp³-hybridized carbons (Fsp3) is 0.0909. The molecule has 1 heterocycles. The fourth-order valence-electron chi connectivity index (χ4n) is 2.85. The molecule has 0 aliphatic rings. The van der Waals surface area contributed by atoms with E-state index < -0.39 is 0 Å². The monoisotopic (exact) mass is 408 g/mol. The highest BCUT2D eigenvalue weighted by Gasteiger charge is 2.10. The van der Waals surface area contributed by atoms with E-state index in [-0.39, 0.29) is 12.4 Å². The Labute approximate surface area is 175 Å². The van der Waals surface area contributed by atoms with Gasteiger partial charge in [-0.25, -0.2) is 4.98 Å². The number of para-hydroxylation sites is 1. The third-order valence-corrected chi connectivity index (χ3v) is 4.29. The van der Waals surface area contributed by atoms with Gasteiger partial charge >= 0.3 is 0 Å². The Kier molecular flexibility index (Phi) is 6.36. The van der Waals surface area contributed by atoms with Gasteiger partial charge in [-0.05, 0) is 54.6 Å². The van der Waals surface area contributed by atoms with Gasteiger partial charge in [-0.2, -0.15) is 4.98 Å². The molecule has 2 N–H and O–H groups in total. The van der Waals surface area contributed by atoms with Crippen LogP contribution in [0.25, 0.3) is 10.9 Å². The van der Waals surface area contributed by atoms with Crippen LogP contribution in [0.1, 0.15) is 0 Å². The largest absolute Gasteiger partial charge is 0.497 e. The summed E-state index contributed by atoms with van der Waals surface area (Å²) >= 11 is 0. The maximum atomic E-state index is 5.36. The summed E-state index contributed by atoms with van der Waals surface area (Å²) < 4.78 is 10.6. The van der Waals surface area contributed by atoms with Crippen molar-refractivity contribution in [2.45, 2.75) is 0 Å². The minimum absolute atomic E-state index is 0. The van der Waals surface area contributed by atoms with E-state index in [9.17, 15) is 0 Å². The molecule has 0 atom stereocenters. The Hall–Kier alpha value is -3.51. The molecule has 0 bridgehead atoms. The molecular formula is C22H21ClN4O2. The third kappa shape index (κ3) is 4.67. The number of benzene rings is 3. The van der Waals surface area contributed by atoms with Gasteiger partial charge in [0.05, 0.1) is 19.7 Å². The van der Waals surface area contributed by atoms with Crippen LogP contribution >= 0.6 is 12.4 Å². The third-order valence-electron chi connectivity index (χ3n) is 4.29. The molecule has 0 radical (unpaired) electrons. The van der Waals surface area contributed by atoms with Crippen molar-refractivity contribution in [1.82, 2.24) is 9.97 Å². The number of halogens is 1. The van der Waals surface area contributed by atoms with Gasteiger partial charge < -0.3 is 20.1 Å². The minimum Gasteiger partial charge on any atom is -0.497 e. The lowest BCUT2D eigenvalue weighted by atomic mass is 10.2. The fourth-order valence-corrected chi connectivity index (χ4v) is 2.85. The zero-order chi connectivity index (χ0) is 19.3. The first kappa shape index (κ1) is 20.2. The van der Waals surface area contributed by atoms with E-state index in [1.807, 2.05) is 72.8 Å². The highest BCUT2D eigenvalue weighted by atomic mass is 35.5. The SMILES string of the molecule is COc1ccc(Nc2nc(Nc3ccccc3)c3cc(OC)ccc3n2)cc1.Cl. The van der Waals surface area contributed by atoms with Gasteiger partial charge in [0.15, 0.2) is 0 Å². The molecule has 0 aliphatic carbocycles. The van der Waals surface area contributed by atoms with Crippen molar-refractivity contribution in [3.8, 4) is 11.5 Å². The van der Waals surface area contributed by atoms with E-state index in [4.69, 9.17) is 9.47 Å². The van der Waals surface area contributed by atoms with Gasteiger partial charge in [0.2, 0.25) is 5.95 Å². The van der Waals surface area contributed by atoms with Crippen LogP contribution in [-0.4, -0.2) is 24.2 Å². The second-order valence-corrected chi connectivity index (χ2v) is 6.12. The molecule has 4 rings (SSSR count). The molecule has 3 aromatic carbocycles. The van der Waals surface area contributed by atoms with Gasteiger partial charge in [0.25, 0.3) is 0 Å². The van der Waals surface area contributed by atoms with E-state index in [0.29, 0.717) is 11.8 Å². The van der Waals surface area contributed by atoms with Crippen LogP contribution in [0.15, 0.2) is 72.8 Å². The molecule has 0 fully saturated rings. The molecule has 0 spiro atoms. The van der Waals surface area contributed by atoms with E-state index in [1.54, 1.807) is 14.2 Å². The van der Waals surface area contributed by atoms with Crippen molar-refractivity contribution >= 4 is 46.5 Å². The van der Waals surface area contributed by atoms with Crippen molar-refractivity contribution < 1.29 is 9.47 Å². The van der Waals surface area contributed by atoms with Gasteiger partial charge in [0, 0.05) is 16.8 Å². The molecule has 7 heteroatoms. The smallest absolute Gasteiger partial charge is 0.229 e. The number of anilines is 4. The van der Waals surface area contributed by atoms with Crippen molar-refractivity contribution in [3.05, 3.63) is 72.8 Å². The number of ether oxygens (including phenoxy) is 2. The lowest BCUT2D eigenvalue weighted by molar-refractivity contribution is 0.415. The van der Waals surface area contributed by atoms with Crippen molar-refractivity contribution in [2.75, 3.05) is 24.9 Å². The van der Waals surface area contributed by atoms with Crippen LogP contribution in [0.4, 0.5) is 23.1 Å². The second kappa shape index (κ2) is 9.12. The standard InChI is InChI=1S/C22H20N4O2.ClH/c1-27-17-10-8-16(9-11-17)24-22-25-20-13-12-18(28-2)14-19(20)21(26-22)23-15-6-4-3-5-7-15;/h3-14H,1-2H3,(H2,23,24,25,26);1H. The summed E-state index contributed by atoms with van der Waals surface area (Å²) in [5, 5.41) is 7.51. The molecule has 4 aromatic rings. The van der Waals surface area contributed by atoms with Gasteiger partial charge in [-0.15, -0.1) is 12.4 Å². The van der Waals surface area contributed by atoms with Gasteiger partial charge in [-0.1, -0.05) is 18.2 Å². The summed E-state index contributed by atoms with van der Waals surface area (Å²) in [5.41, 5.74) is 2.63. The first-order valence-electron chi connectivity index (χ1n) is 8.84. The summed E-state index contributed by atoms with van der Waals surface area (Å²) in [6.45, 7) is 0. The Morgan fingerprint density at radius 3 is 2.03 bits per heavy atom. The molecule has 0 aliphatic heterocycles. The van der Waals surface area contributed by atoms with Crippen LogP contribution in [0.2, 0.25) is 0 Å². The topological polar surface area (TPSA) is 68.3 Å².